The number of carbonyl (C=O) groups is 1. The third-order valence-corrected chi connectivity index (χ3v) is 2.85. The summed E-state index contributed by atoms with van der Waals surface area (Å²) in [4.78, 5) is 16.3. The lowest BCUT2D eigenvalue weighted by atomic mass is 10.2. The number of carbonyl (C=O) groups excluding carboxylic acids is 1. The lowest BCUT2D eigenvalue weighted by Crippen LogP contribution is -2.44. The molecule has 0 aliphatic rings. The molecule has 1 amide bonds. The van der Waals surface area contributed by atoms with Crippen LogP contribution in [0.1, 0.15) is 24.2 Å². The van der Waals surface area contributed by atoms with Gasteiger partial charge in [-0.1, -0.05) is 18.2 Å². The zero-order valence-corrected chi connectivity index (χ0v) is 16.3. The van der Waals surface area contributed by atoms with Crippen LogP contribution in [0.4, 0.5) is 0 Å². The third kappa shape index (κ3) is 9.39. The van der Waals surface area contributed by atoms with E-state index in [1.807, 2.05) is 32.0 Å². The van der Waals surface area contributed by atoms with Gasteiger partial charge in [-0.3, -0.25) is 9.79 Å². The topological polar surface area (TPSA) is 74.8 Å². The molecule has 3 N–H and O–H groups in total. The second-order valence-corrected chi connectivity index (χ2v) is 4.88. The first-order valence-electron chi connectivity index (χ1n) is 7.54. The van der Waals surface area contributed by atoms with Crippen LogP contribution in [0.25, 0.3) is 0 Å². The zero-order chi connectivity index (χ0) is 16.2. The van der Waals surface area contributed by atoms with Crippen molar-refractivity contribution in [1.82, 2.24) is 16.0 Å². The van der Waals surface area contributed by atoms with Crippen molar-refractivity contribution in [3.8, 4) is 0 Å². The minimum Gasteiger partial charge on any atom is -0.383 e. The molecule has 0 heterocycles. The van der Waals surface area contributed by atoms with Gasteiger partial charge in [-0.2, -0.15) is 0 Å². The predicted octanol–water partition coefficient (Wildman–Crippen LogP) is 1.62. The van der Waals surface area contributed by atoms with Crippen LogP contribution < -0.4 is 16.0 Å². The molecule has 1 aromatic rings. The molecule has 0 saturated carbocycles. The molecule has 1 unspecified atom stereocenters. The molecule has 0 bridgehead atoms. The molecule has 6 nitrogen and oxygen atoms in total. The van der Waals surface area contributed by atoms with Gasteiger partial charge >= 0.3 is 0 Å². The molecule has 130 valence electrons. The van der Waals surface area contributed by atoms with Crippen molar-refractivity contribution >= 4 is 35.8 Å². The number of aliphatic imine (C=N–C) groups is 1. The van der Waals surface area contributed by atoms with E-state index in [1.165, 1.54) is 0 Å². The van der Waals surface area contributed by atoms with Crippen LogP contribution in [-0.2, 0) is 4.74 Å². The molecule has 23 heavy (non-hydrogen) atoms. The number of rotatable bonds is 8. The van der Waals surface area contributed by atoms with Gasteiger partial charge in [0.25, 0.3) is 5.91 Å². The average Bonchev–Trinajstić information content (AvgIpc) is 2.52. The van der Waals surface area contributed by atoms with Crippen LogP contribution in [0.3, 0.4) is 0 Å². The van der Waals surface area contributed by atoms with E-state index in [-0.39, 0.29) is 35.9 Å². The maximum Gasteiger partial charge on any atom is 0.251 e. The molecule has 1 aromatic carbocycles. The van der Waals surface area contributed by atoms with Gasteiger partial charge in [-0.05, 0) is 26.0 Å². The molecule has 0 spiro atoms. The minimum absolute atomic E-state index is 0. The van der Waals surface area contributed by atoms with E-state index in [4.69, 9.17) is 4.74 Å². The first-order chi connectivity index (χ1) is 10.7. The van der Waals surface area contributed by atoms with Gasteiger partial charge in [-0.15, -0.1) is 24.0 Å². The Hall–Kier alpha value is -1.35. The summed E-state index contributed by atoms with van der Waals surface area (Å²) in [5.41, 5.74) is 0.658. The number of halogens is 1. The number of amides is 1. The maximum absolute atomic E-state index is 11.9. The molecule has 1 rings (SSSR count). The Morgan fingerprint density at radius 2 is 1.96 bits per heavy atom. The molecule has 0 aromatic heterocycles. The van der Waals surface area contributed by atoms with E-state index in [0.29, 0.717) is 25.3 Å². The highest BCUT2D eigenvalue weighted by atomic mass is 127. The molecule has 0 saturated heterocycles. The average molecular weight is 434 g/mol. The number of nitrogens with one attached hydrogen (secondary N) is 3. The number of methoxy groups -OCH3 is 1. The molecule has 7 heteroatoms. The van der Waals surface area contributed by atoms with E-state index in [2.05, 4.69) is 20.9 Å². The summed E-state index contributed by atoms with van der Waals surface area (Å²) in [6, 6.07) is 9.32. The van der Waals surface area contributed by atoms with Crippen LogP contribution in [0, 0.1) is 0 Å². The van der Waals surface area contributed by atoms with Crippen LogP contribution in [0.2, 0.25) is 0 Å². The third-order valence-electron chi connectivity index (χ3n) is 2.85. The predicted molar refractivity (Wildman–Crippen MR) is 105 cm³/mol. The van der Waals surface area contributed by atoms with Gasteiger partial charge in [0.15, 0.2) is 5.96 Å². The van der Waals surface area contributed by atoms with Gasteiger partial charge in [0.05, 0.1) is 13.2 Å². The maximum atomic E-state index is 11.9. The van der Waals surface area contributed by atoms with Crippen LogP contribution >= 0.6 is 24.0 Å². The van der Waals surface area contributed by atoms with Crippen LogP contribution in [-0.4, -0.2) is 51.3 Å². The van der Waals surface area contributed by atoms with Gasteiger partial charge in [0.1, 0.15) is 0 Å². The number of benzene rings is 1. The molecule has 0 aliphatic carbocycles. The monoisotopic (exact) mass is 434 g/mol. The Kier molecular flexibility index (Phi) is 12.4. The fourth-order valence-electron chi connectivity index (χ4n) is 1.87. The second-order valence-electron chi connectivity index (χ2n) is 4.88. The number of guanidine groups is 1. The molecular formula is C16H27IN4O2. The lowest BCUT2D eigenvalue weighted by molar-refractivity contribution is 0.0955. The van der Waals surface area contributed by atoms with Gasteiger partial charge in [0, 0.05) is 31.8 Å². The summed E-state index contributed by atoms with van der Waals surface area (Å²) in [6.07, 6.45) is 0. The smallest absolute Gasteiger partial charge is 0.251 e. The lowest BCUT2D eigenvalue weighted by Gasteiger charge is -2.17. The Balaban J connectivity index is 0.00000484. The summed E-state index contributed by atoms with van der Waals surface area (Å²) in [5, 5.41) is 9.25. The SMILES string of the molecule is CCNC(=NCCNC(=O)c1ccccc1)NC(C)COC.I. The molecule has 0 radical (unpaired) electrons. The first-order valence-corrected chi connectivity index (χ1v) is 7.54. The molecule has 0 aliphatic heterocycles. The Bertz CT molecular complexity index is 468. The quantitative estimate of drug-likeness (QED) is 0.252. The van der Waals surface area contributed by atoms with Gasteiger partial charge in [-0.25, -0.2) is 0 Å². The zero-order valence-electron chi connectivity index (χ0n) is 14.0. The van der Waals surface area contributed by atoms with Crippen molar-refractivity contribution in [2.75, 3.05) is 33.4 Å². The highest BCUT2D eigenvalue weighted by Crippen LogP contribution is 1.97. The van der Waals surface area contributed by atoms with E-state index < -0.39 is 0 Å². The number of nitrogens with zero attached hydrogens (tertiary/aromatic N) is 1. The van der Waals surface area contributed by atoms with E-state index in [9.17, 15) is 4.79 Å². The number of hydrogen-bond acceptors (Lipinski definition) is 3. The number of hydrogen-bond donors (Lipinski definition) is 3. The highest BCUT2D eigenvalue weighted by molar-refractivity contribution is 14.0. The van der Waals surface area contributed by atoms with E-state index in [1.54, 1.807) is 19.2 Å². The molecular weight excluding hydrogens is 407 g/mol. The van der Waals surface area contributed by atoms with Crippen molar-refractivity contribution in [1.29, 1.82) is 0 Å². The standard InChI is InChI=1S/C16H26N4O2.HI/c1-4-17-16(20-13(2)12-22-3)19-11-10-18-15(21)14-8-6-5-7-9-14;/h5-9,13H,4,10-12H2,1-3H3,(H,18,21)(H2,17,19,20);1H. The Morgan fingerprint density at radius 1 is 1.26 bits per heavy atom. The summed E-state index contributed by atoms with van der Waals surface area (Å²) in [6.45, 7) is 6.41. The van der Waals surface area contributed by atoms with Crippen molar-refractivity contribution in [3.63, 3.8) is 0 Å². The van der Waals surface area contributed by atoms with Crippen molar-refractivity contribution in [2.24, 2.45) is 4.99 Å². The summed E-state index contributed by atoms with van der Waals surface area (Å²) < 4.78 is 5.09. The largest absolute Gasteiger partial charge is 0.383 e. The van der Waals surface area contributed by atoms with E-state index >= 15 is 0 Å². The minimum atomic E-state index is -0.0819. The molecule has 0 fully saturated rings. The summed E-state index contributed by atoms with van der Waals surface area (Å²) in [7, 11) is 1.67. The van der Waals surface area contributed by atoms with Crippen LogP contribution in [0.15, 0.2) is 35.3 Å². The second kappa shape index (κ2) is 13.1. The first kappa shape index (κ1) is 21.6. The Labute approximate surface area is 155 Å². The normalized spacial score (nSPS) is 12.0. The van der Waals surface area contributed by atoms with Crippen molar-refractivity contribution in [3.05, 3.63) is 35.9 Å². The fourth-order valence-corrected chi connectivity index (χ4v) is 1.87. The van der Waals surface area contributed by atoms with Gasteiger partial charge in [0.2, 0.25) is 0 Å². The highest BCUT2D eigenvalue weighted by Gasteiger charge is 2.05. The summed E-state index contributed by atoms with van der Waals surface area (Å²) >= 11 is 0. The molecule has 1 atom stereocenters. The Morgan fingerprint density at radius 3 is 2.57 bits per heavy atom. The van der Waals surface area contributed by atoms with Crippen molar-refractivity contribution < 1.29 is 9.53 Å². The fraction of sp³-hybridized carbons (Fsp3) is 0.500. The van der Waals surface area contributed by atoms with Crippen LogP contribution in [0.5, 0.6) is 0 Å². The van der Waals surface area contributed by atoms with Gasteiger partial charge < -0.3 is 20.7 Å². The number of ether oxygens (including phenoxy) is 1. The summed E-state index contributed by atoms with van der Waals surface area (Å²) in [5.74, 6) is 0.641. The van der Waals surface area contributed by atoms with E-state index in [0.717, 1.165) is 12.5 Å². The van der Waals surface area contributed by atoms with Crippen molar-refractivity contribution in [2.45, 2.75) is 19.9 Å².